The van der Waals surface area contributed by atoms with Gasteiger partial charge >= 0.3 is 192 Å². The molecule has 0 bridgehead atoms. The summed E-state index contributed by atoms with van der Waals surface area (Å²) in [5, 5.41) is 3.45. The summed E-state index contributed by atoms with van der Waals surface area (Å²) in [6.45, 7) is 4.49. The number of hydrogen-bond donors (Lipinski definition) is 0. The number of ketones is 2. The summed E-state index contributed by atoms with van der Waals surface area (Å²) in [5.41, 5.74) is 5.94. The van der Waals surface area contributed by atoms with Crippen molar-refractivity contribution in [3.63, 3.8) is 0 Å². The minimum atomic E-state index is -0.473. The fourth-order valence-corrected chi connectivity index (χ4v) is 8.72. The average Bonchev–Trinajstić information content (AvgIpc) is 3.54. The average molecular weight is 548 g/mol. The van der Waals surface area contributed by atoms with E-state index in [9.17, 15) is 9.59 Å². The van der Waals surface area contributed by atoms with E-state index in [4.69, 9.17) is 4.98 Å². The fourth-order valence-electron chi connectivity index (χ4n) is 5.14. The third-order valence-electron chi connectivity index (χ3n) is 6.76. The number of benzene rings is 1. The molecule has 2 aliphatic rings. The summed E-state index contributed by atoms with van der Waals surface area (Å²) in [6, 6.07) is 12.7. The molecule has 6 heteroatoms. The SMILES string of the molecule is CC1(C)c2cc(C=C3C(=O)c4c[te]cc4C3=O)sc2-n2c3ncccc3c3cccc1c32. The molecule has 1 aliphatic heterocycles. The molecular weight excluding hydrogens is 532 g/mol. The molecule has 1 aliphatic carbocycles. The Morgan fingerprint density at radius 3 is 2.53 bits per heavy atom. The molecule has 4 nitrogen and oxygen atoms in total. The van der Waals surface area contributed by atoms with Crippen LogP contribution in [-0.4, -0.2) is 41.5 Å². The molecule has 0 spiro atoms. The molecular formula is C26H16N2O2STe. The second kappa shape index (κ2) is 6.17. The Bertz CT molecular complexity index is 1660. The molecule has 1 aromatic carbocycles. The number of fused-ring (bicyclic) bond motifs is 6. The van der Waals surface area contributed by atoms with Crippen molar-refractivity contribution in [3.05, 3.63) is 83.5 Å². The first-order chi connectivity index (χ1) is 15.5. The van der Waals surface area contributed by atoms with Gasteiger partial charge in [0.05, 0.1) is 0 Å². The zero-order valence-electron chi connectivity index (χ0n) is 17.3. The van der Waals surface area contributed by atoms with Gasteiger partial charge in [0.2, 0.25) is 0 Å². The first-order valence-electron chi connectivity index (χ1n) is 10.4. The van der Waals surface area contributed by atoms with Gasteiger partial charge in [-0.25, -0.2) is 0 Å². The van der Waals surface area contributed by atoms with Crippen LogP contribution in [0, 0.1) is 0 Å². The molecule has 0 fully saturated rings. The Labute approximate surface area is 197 Å². The zero-order valence-corrected chi connectivity index (χ0v) is 20.4. The Kier molecular flexibility index (Phi) is 3.62. The molecule has 0 saturated heterocycles. The predicted octanol–water partition coefficient (Wildman–Crippen LogP) is 5.40. The van der Waals surface area contributed by atoms with E-state index in [2.05, 4.69) is 48.7 Å². The maximum absolute atomic E-state index is 12.9. The van der Waals surface area contributed by atoms with E-state index >= 15 is 0 Å². The van der Waals surface area contributed by atoms with Gasteiger partial charge in [-0.05, 0) is 6.07 Å². The molecule has 5 heterocycles. The van der Waals surface area contributed by atoms with Crippen molar-refractivity contribution in [2.45, 2.75) is 19.3 Å². The van der Waals surface area contributed by atoms with E-state index in [0.29, 0.717) is 16.7 Å². The van der Waals surface area contributed by atoms with Crippen molar-refractivity contribution in [1.82, 2.24) is 9.55 Å². The first-order valence-corrected chi connectivity index (χ1v) is 13.9. The van der Waals surface area contributed by atoms with Gasteiger partial charge in [-0.1, -0.05) is 0 Å². The molecule has 0 N–H and O–H groups in total. The van der Waals surface area contributed by atoms with Crippen LogP contribution in [0.4, 0.5) is 0 Å². The van der Waals surface area contributed by atoms with Crippen LogP contribution >= 0.6 is 11.3 Å². The summed E-state index contributed by atoms with van der Waals surface area (Å²) in [7, 11) is 0. The second-order valence-electron chi connectivity index (χ2n) is 8.82. The first kappa shape index (κ1) is 18.8. The monoisotopic (exact) mass is 550 g/mol. The van der Waals surface area contributed by atoms with Crippen LogP contribution in [0.25, 0.3) is 33.0 Å². The molecule has 0 atom stereocenters. The summed E-state index contributed by atoms with van der Waals surface area (Å²) in [4.78, 5) is 31.3. The molecule has 0 unspecified atom stereocenters. The van der Waals surface area contributed by atoms with E-state index in [0.717, 1.165) is 20.9 Å². The Balaban J connectivity index is 1.51. The van der Waals surface area contributed by atoms with E-state index in [-0.39, 0.29) is 17.0 Å². The quantitative estimate of drug-likeness (QED) is 0.160. The summed E-state index contributed by atoms with van der Waals surface area (Å²) in [5.74, 6) is -0.235. The standard InChI is InChI=1S/C26H16N2O2STe/c1-26(2)19-7-3-5-14-15-6-4-8-27-24(15)28(21(14)19)25-20(26)10-13(31-25)9-16-22(29)17-11-32-12-18(17)23(16)30/h3-12H,1-2H3. The van der Waals surface area contributed by atoms with Crippen LogP contribution in [0.15, 0.2) is 56.3 Å². The van der Waals surface area contributed by atoms with Gasteiger partial charge in [0.15, 0.2) is 0 Å². The van der Waals surface area contributed by atoms with Crippen LogP contribution in [0.2, 0.25) is 0 Å². The summed E-state index contributed by atoms with van der Waals surface area (Å²) in [6.07, 6.45) is 3.63. The number of nitrogens with zero attached hydrogens (tertiary/aromatic N) is 2. The number of carbonyl (C=O) groups excluding carboxylic acids is 2. The van der Waals surface area contributed by atoms with E-state index < -0.39 is 20.4 Å². The number of thiophene rings is 1. The van der Waals surface area contributed by atoms with Gasteiger partial charge in [-0.15, -0.1) is 0 Å². The van der Waals surface area contributed by atoms with Crippen molar-refractivity contribution >= 4 is 71.3 Å². The minimum absolute atomic E-state index is 0.117. The predicted molar refractivity (Wildman–Crippen MR) is 129 cm³/mol. The molecule has 32 heavy (non-hydrogen) atoms. The molecule has 7 rings (SSSR count). The van der Waals surface area contributed by atoms with Crippen molar-refractivity contribution in [2.75, 3.05) is 0 Å². The van der Waals surface area contributed by atoms with Crippen LogP contribution in [0.1, 0.15) is 50.6 Å². The van der Waals surface area contributed by atoms with E-state index in [1.54, 1.807) is 17.4 Å². The van der Waals surface area contributed by atoms with Crippen molar-refractivity contribution in [2.24, 2.45) is 0 Å². The number of aromatic nitrogens is 2. The number of para-hydroxylation sites is 1. The fraction of sp³-hybridized carbons (Fsp3) is 0.115. The Morgan fingerprint density at radius 2 is 1.75 bits per heavy atom. The number of carbonyl (C=O) groups is 2. The van der Waals surface area contributed by atoms with Gasteiger partial charge in [0, 0.05) is 0 Å². The number of hydrogen-bond acceptors (Lipinski definition) is 4. The summed E-state index contributed by atoms with van der Waals surface area (Å²) < 4.78 is 6.22. The van der Waals surface area contributed by atoms with Crippen LogP contribution < -0.4 is 0 Å². The summed E-state index contributed by atoms with van der Waals surface area (Å²) >= 11 is 1.15. The number of rotatable bonds is 1. The van der Waals surface area contributed by atoms with Crippen LogP contribution in [0.3, 0.4) is 0 Å². The zero-order chi connectivity index (χ0) is 21.8. The number of pyridine rings is 1. The molecule has 0 amide bonds. The third-order valence-corrected chi connectivity index (χ3v) is 9.95. The molecule has 0 saturated carbocycles. The van der Waals surface area contributed by atoms with Crippen LogP contribution in [-0.2, 0) is 5.41 Å². The van der Waals surface area contributed by atoms with Gasteiger partial charge in [0.25, 0.3) is 0 Å². The van der Waals surface area contributed by atoms with E-state index in [1.165, 1.54) is 22.0 Å². The molecule has 5 aromatic rings. The second-order valence-corrected chi connectivity index (χ2v) is 12.0. The number of allylic oxidation sites excluding steroid dienone is 1. The van der Waals surface area contributed by atoms with Gasteiger partial charge in [-0.3, -0.25) is 0 Å². The van der Waals surface area contributed by atoms with Crippen molar-refractivity contribution in [3.8, 4) is 5.00 Å². The van der Waals surface area contributed by atoms with Gasteiger partial charge < -0.3 is 0 Å². The molecule has 4 aromatic heterocycles. The Morgan fingerprint density at radius 1 is 1.00 bits per heavy atom. The van der Waals surface area contributed by atoms with Gasteiger partial charge in [0.1, 0.15) is 0 Å². The number of Topliss-reactive ketones (excluding diaryl/α,β-unsaturated/α-hetero) is 2. The van der Waals surface area contributed by atoms with Crippen molar-refractivity contribution in [1.29, 1.82) is 0 Å². The third kappa shape index (κ3) is 2.20. The van der Waals surface area contributed by atoms with Crippen molar-refractivity contribution < 1.29 is 9.59 Å². The topological polar surface area (TPSA) is 52.0 Å². The Hall–Kier alpha value is -2.78. The maximum atomic E-state index is 12.9. The van der Waals surface area contributed by atoms with Gasteiger partial charge in [-0.2, -0.15) is 0 Å². The normalized spacial score (nSPS) is 16.1. The molecule has 154 valence electrons. The van der Waals surface area contributed by atoms with Crippen LogP contribution in [0.5, 0.6) is 0 Å². The molecule has 0 radical (unpaired) electrons. The van der Waals surface area contributed by atoms with E-state index in [1.807, 2.05) is 20.4 Å².